The molecule has 0 bridgehead atoms. The molecule has 1 aliphatic rings. The van der Waals surface area contributed by atoms with Crippen LogP contribution in [0, 0.1) is 6.92 Å². The number of hydrogen-bond acceptors (Lipinski definition) is 3. The summed E-state index contributed by atoms with van der Waals surface area (Å²) in [5.41, 5.74) is 1.96. The number of nitrogens with one attached hydrogen (secondary N) is 1. The molecule has 1 aliphatic heterocycles. The number of benzene rings is 1. The van der Waals surface area contributed by atoms with Gasteiger partial charge in [-0.15, -0.1) is 0 Å². The molecule has 3 rings (SSSR count). The maximum atomic E-state index is 11.4. The van der Waals surface area contributed by atoms with Gasteiger partial charge in [-0.25, -0.2) is 4.98 Å². The van der Waals surface area contributed by atoms with Gasteiger partial charge in [0.25, 0.3) is 0 Å². The van der Waals surface area contributed by atoms with E-state index >= 15 is 0 Å². The predicted molar refractivity (Wildman–Crippen MR) is 68.9 cm³/mol. The Morgan fingerprint density at radius 1 is 1.47 bits per heavy atom. The van der Waals surface area contributed by atoms with E-state index in [0.29, 0.717) is 5.82 Å². The zero-order valence-electron chi connectivity index (χ0n) is 10.5. The molecule has 2 aromatic rings. The van der Waals surface area contributed by atoms with Crippen molar-refractivity contribution in [2.24, 2.45) is 0 Å². The van der Waals surface area contributed by atoms with Gasteiger partial charge in [0.2, 0.25) is 0 Å². The summed E-state index contributed by atoms with van der Waals surface area (Å²) in [5.74, 6) is -0.438. The van der Waals surface area contributed by atoms with E-state index in [9.17, 15) is 9.90 Å². The van der Waals surface area contributed by atoms with Gasteiger partial charge in [-0.1, -0.05) is 23.8 Å². The number of nitrogens with zero attached hydrogens (tertiary/aromatic N) is 1. The first-order chi connectivity index (χ1) is 9.12. The van der Waals surface area contributed by atoms with E-state index in [-0.39, 0.29) is 13.2 Å². The third-order valence-corrected chi connectivity index (χ3v) is 3.46. The lowest BCUT2D eigenvalue weighted by atomic mass is 9.85. The second-order valence-corrected chi connectivity index (χ2v) is 4.90. The van der Waals surface area contributed by atoms with Crippen LogP contribution in [0.25, 0.3) is 11.3 Å². The number of carbonyl (C=O) groups is 1. The third-order valence-electron chi connectivity index (χ3n) is 3.46. The van der Waals surface area contributed by atoms with Crippen molar-refractivity contribution in [2.75, 3.05) is 13.2 Å². The molecular weight excluding hydrogens is 244 g/mol. The number of carboxylic acids is 1. The average Bonchev–Trinajstić information content (AvgIpc) is 2.76. The number of ether oxygens (including phenoxy) is 1. The van der Waals surface area contributed by atoms with Gasteiger partial charge in [-0.2, -0.15) is 0 Å². The molecule has 1 aromatic carbocycles. The third kappa shape index (κ3) is 1.82. The number of aromatic nitrogens is 2. The summed E-state index contributed by atoms with van der Waals surface area (Å²) >= 11 is 0. The summed E-state index contributed by atoms with van der Waals surface area (Å²) in [6.07, 6.45) is 1.67. The van der Waals surface area contributed by atoms with Crippen LogP contribution in [-0.2, 0) is 14.9 Å². The summed E-state index contributed by atoms with van der Waals surface area (Å²) in [7, 11) is 0. The molecule has 1 saturated heterocycles. The van der Waals surface area contributed by atoms with E-state index in [1.807, 2.05) is 31.2 Å². The predicted octanol–water partition coefficient (Wildman–Crippen LogP) is 1.74. The summed E-state index contributed by atoms with van der Waals surface area (Å²) in [6.45, 7) is 2.35. The number of hydrogen-bond donors (Lipinski definition) is 2. The Labute approximate surface area is 110 Å². The zero-order valence-corrected chi connectivity index (χ0v) is 10.5. The van der Waals surface area contributed by atoms with E-state index < -0.39 is 11.4 Å². The maximum Gasteiger partial charge on any atom is 0.322 e. The van der Waals surface area contributed by atoms with Crippen LogP contribution in [0.2, 0.25) is 0 Å². The largest absolute Gasteiger partial charge is 0.480 e. The molecule has 1 fully saturated rings. The van der Waals surface area contributed by atoms with Gasteiger partial charge in [0.1, 0.15) is 5.82 Å². The first-order valence-electron chi connectivity index (χ1n) is 6.05. The molecule has 0 amide bonds. The van der Waals surface area contributed by atoms with E-state index in [1.165, 1.54) is 0 Å². The maximum absolute atomic E-state index is 11.4. The highest BCUT2D eigenvalue weighted by Crippen LogP contribution is 2.32. The molecule has 0 radical (unpaired) electrons. The van der Waals surface area contributed by atoms with Crippen LogP contribution in [0.4, 0.5) is 0 Å². The minimum absolute atomic E-state index is 0.170. The van der Waals surface area contributed by atoms with Crippen molar-refractivity contribution in [3.8, 4) is 11.3 Å². The van der Waals surface area contributed by atoms with Crippen LogP contribution < -0.4 is 0 Å². The zero-order chi connectivity index (χ0) is 13.5. The molecule has 0 spiro atoms. The lowest BCUT2D eigenvalue weighted by molar-refractivity contribution is -0.163. The fraction of sp³-hybridized carbons (Fsp3) is 0.286. The highest BCUT2D eigenvalue weighted by Gasteiger charge is 2.50. The quantitative estimate of drug-likeness (QED) is 0.879. The second-order valence-electron chi connectivity index (χ2n) is 4.90. The van der Waals surface area contributed by atoms with Gasteiger partial charge in [-0.3, -0.25) is 4.79 Å². The van der Waals surface area contributed by atoms with Gasteiger partial charge in [0, 0.05) is 0 Å². The fourth-order valence-electron chi connectivity index (χ4n) is 2.19. The number of H-pyrrole nitrogens is 1. The second kappa shape index (κ2) is 4.20. The lowest BCUT2D eigenvalue weighted by Crippen LogP contribution is -2.53. The molecule has 0 aliphatic carbocycles. The molecule has 2 N–H and O–H groups in total. The highest BCUT2D eigenvalue weighted by molar-refractivity contribution is 5.82. The normalized spacial score (nSPS) is 16.9. The van der Waals surface area contributed by atoms with Crippen LogP contribution >= 0.6 is 0 Å². The summed E-state index contributed by atoms with van der Waals surface area (Å²) in [4.78, 5) is 18.7. The van der Waals surface area contributed by atoms with Gasteiger partial charge in [0.15, 0.2) is 5.41 Å². The fourth-order valence-corrected chi connectivity index (χ4v) is 2.19. The number of aromatic amines is 1. The number of aliphatic carboxylic acids is 1. The van der Waals surface area contributed by atoms with Gasteiger partial charge < -0.3 is 14.8 Å². The van der Waals surface area contributed by atoms with Gasteiger partial charge >= 0.3 is 5.97 Å². The highest BCUT2D eigenvalue weighted by atomic mass is 16.5. The lowest BCUT2D eigenvalue weighted by Gasteiger charge is -2.35. The van der Waals surface area contributed by atoms with Crippen molar-refractivity contribution in [1.29, 1.82) is 0 Å². The Balaban J connectivity index is 1.98. The first kappa shape index (κ1) is 11.9. The smallest absolute Gasteiger partial charge is 0.322 e. The Hall–Kier alpha value is -2.14. The molecule has 0 atom stereocenters. The molecule has 0 saturated carbocycles. The molecular formula is C14H14N2O3. The van der Waals surface area contributed by atoms with E-state index in [1.54, 1.807) is 6.20 Å². The SMILES string of the molecule is Cc1cccc(-c2cnc(C3(C(=O)O)COC3)[nH]2)c1. The minimum Gasteiger partial charge on any atom is -0.480 e. The van der Waals surface area contributed by atoms with Crippen LogP contribution in [-0.4, -0.2) is 34.3 Å². The number of rotatable bonds is 3. The van der Waals surface area contributed by atoms with E-state index in [0.717, 1.165) is 16.8 Å². The summed E-state index contributed by atoms with van der Waals surface area (Å²) in [6, 6.07) is 7.97. The number of aryl methyl sites for hydroxylation is 1. The summed E-state index contributed by atoms with van der Waals surface area (Å²) < 4.78 is 5.05. The van der Waals surface area contributed by atoms with Crippen LogP contribution in [0.1, 0.15) is 11.4 Å². The monoisotopic (exact) mass is 258 g/mol. The van der Waals surface area contributed by atoms with Gasteiger partial charge in [0.05, 0.1) is 25.1 Å². The number of imidazole rings is 1. The van der Waals surface area contributed by atoms with Crippen molar-refractivity contribution in [3.63, 3.8) is 0 Å². The molecule has 5 nitrogen and oxygen atoms in total. The van der Waals surface area contributed by atoms with Crippen molar-refractivity contribution in [2.45, 2.75) is 12.3 Å². The molecule has 1 aromatic heterocycles. The van der Waals surface area contributed by atoms with Crippen molar-refractivity contribution in [1.82, 2.24) is 9.97 Å². The van der Waals surface area contributed by atoms with Crippen molar-refractivity contribution < 1.29 is 14.6 Å². The Kier molecular flexibility index (Phi) is 2.64. The first-order valence-corrected chi connectivity index (χ1v) is 6.05. The van der Waals surface area contributed by atoms with Crippen LogP contribution in [0.3, 0.4) is 0 Å². The molecule has 0 unspecified atom stereocenters. The minimum atomic E-state index is -1.01. The molecule has 2 heterocycles. The van der Waals surface area contributed by atoms with E-state index in [4.69, 9.17) is 4.74 Å². The molecule has 5 heteroatoms. The van der Waals surface area contributed by atoms with Gasteiger partial charge in [-0.05, 0) is 18.6 Å². The Morgan fingerprint density at radius 2 is 2.26 bits per heavy atom. The number of carboxylic acid groups (broad SMARTS) is 1. The Bertz CT molecular complexity index is 629. The molecule has 98 valence electrons. The average molecular weight is 258 g/mol. The summed E-state index contributed by atoms with van der Waals surface area (Å²) in [5, 5.41) is 9.32. The van der Waals surface area contributed by atoms with E-state index in [2.05, 4.69) is 9.97 Å². The standard InChI is InChI=1S/C14H14N2O3/c1-9-3-2-4-10(5-9)11-6-15-12(16-11)14(13(17)18)7-19-8-14/h2-6H,7-8H2,1H3,(H,15,16)(H,17,18). The molecule has 19 heavy (non-hydrogen) atoms. The van der Waals surface area contributed by atoms with Crippen LogP contribution in [0.15, 0.2) is 30.5 Å². The van der Waals surface area contributed by atoms with Crippen LogP contribution in [0.5, 0.6) is 0 Å². The Morgan fingerprint density at radius 3 is 2.84 bits per heavy atom. The van der Waals surface area contributed by atoms with Crippen molar-refractivity contribution >= 4 is 5.97 Å². The van der Waals surface area contributed by atoms with Crippen molar-refractivity contribution in [3.05, 3.63) is 41.9 Å². The topological polar surface area (TPSA) is 75.2 Å².